The number of hydrogen-bond donors (Lipinski definition) is 1. The molecule has 2 heteroatoms. The van der Waals surface area contributed by atoms with Gasteiger partial charge < -0.3 is 5.73 Å². The quantitative estimate of drug-likeness (QED) is 0.779. The SMILES string of the molecule is CC(C)CC(c1ccc(-c2cccc(C(N)=O)c2)cc1)C(C)C. The standard InChI is InChI=1S/C21H27NO/c1-14(2)12-20(15(3)4)17-10-8-16(9-11-17)18-6-5-7-19(13-18)21(22)23/h5-11,13-15,20H,12H2,1-4H3,(H2,22,23). The van der Waals surface area contributed by atoms with E-state index in [0.29, 0.717) is 23.3 Å². The van der Waals surface area contributed by atoms with Crippen molar-refractivity contribution in [1.82, 2.24) is 0 Å². The van der Waals surface area contributed by atoms with Crippen LogP contribution in [0.1, 0.15) is 56.0 Å². The van der Waals surface area contributed by atoms with Crippen LogP contribution in [0.2, 0.25) is 0 Å². The second-order valence-corrected chi connectivity index (χ2v) is 7.05. The highest BCUT2D eigenvalue weighted by Crippen LogP contribution is 2.32. The first-order valence-corrected chi connectivity index (χ1v) is 8.38. The summed E-state index contributed by atoms with van der Waals surface area (Å²) in [5.41, 5.74) is 9.45. The van der Waals surface area contributed by atoms with E-state index >= 15 is 0 Å². The summed E-state index contributed by atoms with van der Waals surface area (Å²) < 4.78 is 0. The van der Waals surface area contributed by atoms with E-state index < -0.39 is 0 Å². The van der Waals surface area contributed by atoms with Gasteiger partial charge in [-0.1, -0.05) is 64.1 Å². The minimum absolute atomic E-state index is 0.389. The Hall–Kier alpha value is -2.09. The van der Waals surface area contributed by atoms with Gasteiger partial charge in [-0.25, -0.2) is 0 Å². The second-order valence-electron chi connectivity index (χ2n) is 7.05. The van der Waals surface area contributed by atoms with Crippen LogP contribution < -0.4 is 5.73 Å². The minimum atomic E-state index is -0.389. The van der Waals surface area contributed by atoms with Gasteiger partial charge in [0.15, 0.2) is 0 Å². The molecular weight excluding hydrogens is 282 g/mol. The van der Waals surface area contributed by atoms with E-state index in [1.165, 1.54) is 12.0 Å². The van der Waals surface area contributed by atoms with Crippen LogP contribution in [0, 0.1) is 11.8 Å². The van der Waals surface area contributed by atoms with Crippen molar-refractivity contribution in [2.75, 3.05) is 0 Å². The highest BCUT2D eigenvalue weighted by molar-refractivity contribution is 5.94. The lowest BCUT2D eigenvalue weighted by Crippen LogP contribution is -2.10. The van der Waals surface area contributed by atoms with Gasteiger partial charge >= 0.3 is 0 Å². The van der Waals surface area contributed by atoms with Gasteiger partial charge in [-0.05, 0) is 53.0 Å². The predicted molar refractivity (Wildman–Crippen MR) is 97.4 cm³/mol. The van der Waals surface area contributed by atoms with Crippen molar-refractivity contribution in [3.8, 4) is 11.1 Å². The lowest BCUT2D eigenvalue weighted by atomic mass is 9.82. The third-order valence-electron chi connectivity index (χ3n) is 4.35. The molecule has 1 unspecified atom stereocenters. The first kappa shape index (κ1) is 17.3. The van der Waals surface area contributed by atoms with Crippen LogP contribution in [-0.2, 0) is 0 Å². The van der Waals surface area contributed by atoms with E-state index in [1.54, 1.807) is 6.07 Å². The molecule has 0 spiro atoms. The number of carbonyl (C=O) groups excluding carboxylic acids is 1. The molecular formula is C21H27NO. The number of rotatable bonds is 6. The average Bonchev–Trinajstić information content (AvgIpc) is 2.52. The average molecular weight is 309 g/mol. The summed E-state index contributed by atoms with van der Waals surface area (Å²) in [5.74, 6) is 1.51. The van der Waals surface area contributed by atoms with Crippen molar-refractivity contribution in [2.45, 2.75) is 40.0 Å². The Morgan fingerprint density at radius 1 is 0.957 bits per heavy atom. The van der Waals surface area contributed by atoms with Gasteiger partial charge in [0.2, 0.25) is 5.91 Å². The molecule has 0 fully saturated rings. The van der Waals surface area contributed by atoms with Gasteiger partial charge in [0.05, 0.1) is 0 Å². The van der Waals surface area contributed by atoms with Gasteiger partial charge in [-0.2, -0.15) is 0 Å². The molecule has 23 heavy (non-hydrogen) atoms. The van der Waals surface area contributed by atoms with Crippen molar-refractivity contribution >= 4 is 5.91 Å². The molecule has 0 bridgehead atoms. The van der Waals surface area contributed by atoms with E-state index in [0.717, 1.165) is 11.1 Å². The normalized spacial score (nSPS) is 12.6. The molecule has 1 amide bonds. The molecule has 2 rings (SSSR count). The summed E-state index contributed by atoms with van der Waals surface area (Å²) in [6, 6.07) is 16.2. The number of benzene rings is 2. The van der Waals surface area contributed by atoms with Gasteiger partial charge in [-0.15, -0.1) is 0 Å². The molecule has 0 aliphatic carbocycles. The van der Waals surface area contributed by atoms with Crippen LogP contribution in [-0.4, -0.2) is 5.91 Å². The lowest BCUT2D eigenvalue weighted by molar-refractivity contribution is 0.100. The molecule has 1 atom stereocenters. The number of hydrogen-bond acceptors (Lipinski definition) is 1. The van der Waals surface area contributed by atoms with E-state index in [9.17, 15) is 4.79 Å². The van der Waals surface area contributed by atoms with E-state index in [-0.39, 0.29) is 5.91 Å². The maximum absolute atomic E-state index is 11.3. The molecule has 0 heterocycles. The molecule has 122 valence electrons. The van der Waals surface area contributed by atoms with E-state index in [2.05, 4.69) is 52.0 Å². The van der Waals surface area contributed by atoms with E-state index in [1.807, 2.05) is 18.2 Å². The van der Waals surface area contributed by atoms with Crippen LogP contribution in [0.25, 0.3) is 11.1 Å². The monoisotopic (exact) mass is 309 g/mol. The Kier molecular flexibility index (Phi) is 5.59. The summed E-state index contributed by atoms with van der Waals surface area (Å²) in [6.45, 7) is 9.13. The Morgan fingerprint density at radius 3 is 2.13 bits per heavy atom. The van der Waals surface area contributed by atoms with Gasteiger partial charge in [0.25, 0.3) is 0 Å². The second kappa shape index (κ2) is 7.45. The molecule has 2 nitrogen and oxygen atoms in total. The molecule has 2 aromatic carbocycles. The minimum Gasteiger partial charge on any atom is -0.366 e. The Bertz CT molecular complexity index is 656. The molecule has 0 radical (unpaired) electrons. The number of primary amides is 1. The van der Waals surface area contributed by atoms with Crippen molar-refractivity contribution in [3.63, 3.8) is 0 Å². The zero-order chi connectivity index (χ0) is 17.0. The van der Waals surface area contributed by atoms with Crippen molar-refractivity contribution in [2.24, 2.45) is 17.6 Å². The number of carbonyl (C=O) groups is 1. The van der Waals surface area contributed by atoms with E-state index in [4.69, 9.17) is 5.73 Å². The van der Waals surface area contributed by atoms with Crippen LogP contribution in [0.4, 0.5) is 0 Å². The lowest BCUT2D eigenvalue weighted by Gasteiger charge is -2.23. The fourth-order valence-corrected chi connectivity index (χ4v) is 3.08. The summed E-state index contributed by atoms with van der Waals surface area (Å²) in [6.07, 6.45) is 1.20. The molecule has 0 aliphatic rings. The molecule has 2 aromatic rings. The summed E-state index contributed by atoms with van der Waals surface area (Å²) in [7, 11) is 0. The largest absolute Gasteiger partial charge is 0.366 e. The number of nitrogens with two attached hydrogens (primary N) is 1. The summed E-state index contributed by atoms with van der Waals surface area (Å²) >= 11 is 0. The van der Waals surface area contributed by atoms with Gasteiger partial charge in [0, 0.05) is 5.56 Å². The maximum atomic E-state index is 11.3. The zero-order valence-electron chi connectivity index (χ0n) is 14.5. The molecule has 0 aromatic heterocycles. The highest BCUT2D eigenvalue weighted by Gasteiger charge is 2.17. The summed E-state index contributed by atoms with van der Waals surface area (Å²) in [4.78, 5) is 11.3. The first-order valence-electron chi connectivity index (χ1n) is 8.38. The van der Waals surface area contributed by atoms with Crippen molar-refractivity contribution in [3.05, 3.63) is 59.7 Å². The third kappa shape index (κ3) is 4.44. The summed E-state index contributed by atoms with van der Waals surface area (Å²) in [5, 5.41) is 0. The molecule has 2 N–H and O–H groups in total. The molecule has 0 saturated heterocycles. The first-order chi connectivity index (χ1) is 10.9. The zero-order valence-corrected chi connectivity index (χ0v) is 14.5. The third-order valence-corrected chi connectivity index (χ3v) is 4.35. The fraction of sp³-hybridized carbons (Fsp3) is 0.381. The van der Waals surface area contributed by atoms with Crippen molar-refractivity contribution < 1.29 is 4.79 Å². The molecule has 0 aliphatic heterocycles. The van der Waals surface area contributed by atoms with Gasteiger partial charge in [-0.3, -0.25) is 4.79 Å². The van der Waals surface area contributed by atoms with Crippen LogP contribution in [0.3, 0.4) is 0 Å². The Balaban J connectivity index is 2.28. The topological polar surface area (TPSA) is 43.1 Å². The highest BCUT2D eigenvalue weighted by atomic mass is 16.1. The smallest absolute Gasteiger partial charge is 0.248 e. The van der Waals surface area contributed by atoms with Crippen LogP contribution in [0.5, 0.6) is 0 Å². The van der Waals surface area contributed by atoms with Crippen LogP contribution >= 0.6 is 0 Å². The van der Waals surface area contributed by atoms with Crippen LogP contribution in [0.15, 0.2) is 48.5 Å². The van der Waals surface area contributed by atoms with Gasteiger partial charge in [0.1, 0.15) is 0 Å². The molecule has 0 saturated carbocycles. The maximum Gasteiger partial charge on any atom is 0.248 e. The fourth-order valence-electron chi connectivity index (χ4n) is 3.08. The predicted octanol–water partition coefficient (Wildman–Crippen LogP) is 5.24. The number of amides is 1. The van der Waals surface area contributed by atoms with Crippen molar-refractivity contribution in [1.29, 1.82) is 0 Å². The Labute approximate surface area is 139 Å². The Morgan fingerprint density at radius 2 is 1.61 bits per heavy atom.